The van der Waals surface area contributed by atoms with E-state index in [4.69, 9.17) is 0 Å². The van der Waals surface area contributed by atoms with Gasteiger partial charge >= 0.3 is 0 Å². The molecule has 0 radical (unpaired) electrons. The molecule has 0 atom stereocenters. The van der Waals surface area contributed by atoms with E-state index in [0.717, 1.165) is 48.6 Å². The fourth-order valence-corrected chi connectivity index (χ4v) is 4.71. The van der Waals surface area contributed by atoms with Crippen molar-refractivity contribution in [1.82, 2.24) is 0 Å². The molecule has 0 amide bonds. The zero-order valence-corrected chi connectivity index (χ0v) is 19.4. The van der Waals surface area contributed by atoms with Crippen molar-refractivity contribution >= 4 is 0 Å². The van der Waals surface area contributed by atoms with Crippen LogP contribution in [0.15, 0.2) is 49.1 Å². The minimum absolute atomic E-state index is 0.297. The average Bonchev–Trinajstić information content (AvgIpc) is 2.81. The predicted octanol–water partition coefficient (Wildman–Crippen LogP) is 8.41. The van der Waals surface area contributed by atoms with Crippen LogP contribution in [0.4, 0.5) is 8.78 Å². The summed E-state index contributed by atoms with van der Waals surface area (Å²) in [7, 11) is 0. The molecule has 3 rings (SSSR count). The molecule has 0 aromatic heterocycles. The maximum absolute atomic E-state index is 14.6. The van der Waals surface area contributed by atoms with Crippen LogP contribution in [0, 0.1) is 35.3 Å². The van der Waals surface area contributed by atoms with E-state index in [0.29, 0.717) is 11.1 Å². The van der Waals surface area contributed by atoms with Crippen molar-refractivity contribution in [3.63, 3.8) is 0 Å². The molecule has 1 aliphatic rings. The van der Waals surface area contributed by atoms with Crippen molar-refractivity contribution < 1.29 is 8.78 Å². The average molecular weight is 435 g/mol. The van der Waals surface area contributed by atoms with Gasteiger partial charge in [0.15, 0.2) is 0 Å². The second-order valence-electron chi connectivity index (χ2n) is 9.27. The van der Waals surface area contributed by atoms with Crippen molar-refractivity contribution in [3.05, 3.63) is 82.9 Å². The molecule has 2 aromatic carbocycles. The highest BCUT2D eigenvalue weighted by Gasteiger charge is 2.20. The monoisotopic (exact) mass is 434 g/mol. The molecule has 2 heteroatoms. The maximum atomic E-state index is 14.6. The summed E-state index contributed by atoms with van der Waals surface area (Å²) < 4.78 is 28.9. The smallest absolute Gasteiger partial charge is 0.139 e. The summed E-state index contributed by atoms with van der Waals surface area (Å²) in [6.07, 6.45) is 14.8. The zero-order chi connectivity index (χ0) is 22.8. The molecular weight excluding hydrogens is 398 g/mol. The summed E-state index contributed by atoms with van der Waals surface area (Å²) >= 11 is 0. The zero-order valence-electron chi connectivity index (χ0n) is 19.4. The van der Waals surface area contributed by atoms with E-state index in [1.165, 1.54) is 51.0 Å². The standard InChI is InChI=1S/C30H36F2/c1-3-5-7-23-9-11-24(12-10-23)13-14-26-16-18-28(30(32)22-26)20-19-27-17-15-25(8-6-4-2)21-29(27)31/h4,15-18,21-24H,2-3,5-14H2,1H3. The number of hydrogen-bond donors (Lipinski definition) is 0. The van der Waals surface area contributed by atoms with Crippen molar-refractivity contribution in [2.75, 3.05) is 0 Å². The highest BCUT2D eigenvalue weighted by Crippen LogP contribution is 2.34. The van der Waals surface area contributed by atoms with Gasteiger partial charge in [-0.25, -0.2) is 8.78 Å². The normalized spacial score (nSPS) is 18.1. The minimum atomic E-state index is -0.361. The SMILES string of the molecule is C=CCCc1ccc(C#Cc2ccc(CCC3CCC(CCCC)CC3)cc2F)c(F)c1. The summed E-state index contributed by atoms with van der Waals surface area (Å²) in [6.45, 7) is 5.95. The molecule has 1 aliphatic carbocycles. The molecule has 0 bridgehead atoms. The summed E-state index contributed by atoms with van der Waals surface area (Å²) in [4.78, 5) is 0. The van der Waals surface area contributed by atoms with Gasteiger partial charge in [0, 0.05) is 0 Å². The number of halogens is 2. The van der Waals surface area contributed by atoms with Gasteiger partial charge in [0.25, 0.3) is 0 Å². The van der Waals surface area contributed by atoms with E-state index in [9.17, 15) is 8.78 Å². The number of rotatable bonds is 9. The molecule has 1 fully saturated rings. The minimum Gasteiger partial charge on any atom is -0.206 e. The van der Waals surface area contributed by atoms with E-state index < -0.39 is 0 Å². The third-order valence-corrected chi connectivity index (χ3v) is 6.81. The number of aryl methyl sites for hydroxylation is 2. The number of allylic oxidation sites excluding steroid dienone is 1. The van der Waals surface area contributed by atoms with E-state index in [-0.39, 0.29) is 11.6 Å². The Morgan fingerprint density at radius 2 is 1.38 bits per heavy atom. The molecule has 0 nitrogen and oxygen atoms in total. The van der Waals surface area contributed by atoms with Gasteiger partial charge in [-0.1, -0.05) is 81.9 Å². The highest BCUT2D eigenvalue weighted by molar-refractivity contribution is 5.45. The van der Waals surface area contributed by atoms with Gasteiger partial charge in [-0.05, 0) is 72.9 Å². The third kappa shape index (κ3) is 7.33. The van der Waals surface area contributed by atoms with Crippen LogP contribution in [-0.4, -0.2) is 0 Å². The Morgan fingerprint density at radius 3 is 1.88 bits per heavy atom. The van der Waals surface area contributed by atoms with Crippen molar-refractivity contribution in [1.29, 1.82) is 0 Å². The lowest BCUT2D eigenvalue weighted by atomic mass is 9.78. The Kier molecular flexibility index (Phi) is 9.54. The van der Waals surface area contributed by atoms with Gasteiger partial charge in [-0.2, -0.15) is 0 Å². The first-order chi connectivity index (χ1) is 15.6. The Bertz CT molecular complexity index is 939. The van der Waals surface area contributed by atoms with Gasteiger partial charge in [0.1, 0.15) is 11.6 Å². The van der Waals surface area contributed by atoms with Crippen molar-refractivity contribution in [3.8, 4) is 11.8 Å². The van der Waals surface area contributed by atoms with Crippen LogP contribution in [0.5, 0.6) is 0 Å². The molecule has 0 heterocycles. The van der Waals surface area contributed by atoms with Gasteiger partial charge in [0.2, 0.25) is 0 Å². The molecular formula is C30H36F2. The third-order valence-electron chi connectivity index (χ3n) is 6.81. The molecule has 0 N–H and O–H groups in total. The first-order valence-corrected chi connectivity index (χ1v) is 12.3. The molecule has 0 spiro atoms. The van der Waals surface area contributed by atoms with Crippen LogP contribution in [0.25, 0.3) is 0 Å². The van der Waals surface area contributed by atoms with Crippen LogP contribution in [0.1, 0.15) is 87.0 Å². The summed E-state index contributed by atoms with van der Waals surface area (Å²) in [5, 5.41) is 0. The number of benzene rings is 2. The van der Waals surface area contributed by atoms with E-state index >= 15 is 0 Å². The Morgan fingerprint density at radius 1 is 0.844 bits per heavy atom. The Balaban J connectivity index is 1.53. The van der Waals surface area contributed by atoms with Crippen LogP contribution in [0.3, 0.4) is 0 Å². The van der Waals surface area contributed by atoms with Crippen molar-refractivity contribution in [2.24, 2.45) is 11.8 Å². The molecule has 0 unspecified atom stereocenters. The predicted molar refractivity (Wildman–Crippen MR) is 131 cm³/mol. The molecule has 1 saturated carbocycles. The highest BCUT2D eigenvalue weighted by atomic mass is 19.1. The number of hydrogen-bond acceptors (Lipinski definition) is 0. The van der Waals surface area contributed by atoms with E-state index in [1.807, 2.05) is 18.2 Å². The fraction of sp³-hybridized carbons (Fsp3) is 0.467. The molecule has 0 saturated heterocycles. The van der Waals surface area contributed by atoms with E-state index in [1.54, 1.807) is 18.2 Å². The van der Waals surface area contributed by atoms with Crippen LogP contribution < -0.4 is 0 Å². The van der Waals surface area contributed by atoms with Gasteiger partial charge in [0.05, 0.1) is 11.1 Å². The van der Waals surface area contributed by atoms with Crippen LogP contribution in [-0.2, 0) is 12.8 Å². The molecule has 0 aliphatic heterocycles. The lowest BCUT2D eigenvalue weighted by molar-refractivity contribution is 0.250. The summed E-state index contributed by atoms with van der Waals surface area (Å²) in [5.41, 5.74) is 2.56. The molecule has 32 heavy (non-hydrogen) atoms. The lowest BCUT2D eigenvalue weighted by Crippen LogP contribution is -2.15. The largest absolute Gasteiger partial charge is 0.206 e. The van der Waals surface area contributed by atoms with Crippen molar-refractivity contribution in [2.45, 2.75) is 77.6 Å². The second kappa shape index (κ2) is 12.6. The molecule has 2 aromatic rings. The van der Waals surface area contributed by atoms with Gasteiger partial charge in [-0.15, -0.1) is 6.58 Å². The van der Waals surface area contributed by atoms with Gasteiger partial charge in [-0.3, -0.25) is 0 Å². The quantitative estimate of drug-likeness (QED) is 0.274. The van der Waals surface area contributed by atoms with E-state index in [2.05, 4.69) is 25.3 Å². The fourth-order valence-electron chi connectivity index (χ4n) is 4.71. The first-order valence-electron chi connectivity index (χ1n) is 12.3. The van der Waals surface area contributed by atoms with Gasteiger partial charge < -0.3 is 0 Å². The topological polar surface area (TPSA) is 0 Å². The first kappa shape index (κ1) is 24.2. The summed E-state index contributed by atoms with van der Waals surface area (Å²) in [6, 6.07) is 10.3. The molecule has 170 valence electrons. The number of unbranched alkanes of at least 4 members (excludes halogenated alkanes) is 1. The second-order valence-corrected chi connectivity index (χ2v) is 9.27. The lowest BCUT2D eigenvalue weighted by Gasteiger charge is -2.28. The van der Waals surface area contributed by atoms with Crippen LogP contribution in [0.2, 0.25) is 0 Å². The Hall–Kier alpha value is -2.40. The Labute approximate surface area is 193 Å². The van der Waals surface area contributed by atoms with Crippen LogP contribution >= 0.6 is 0 Å². The maximum Gasteiger partial charge on any atom is 0.139 e. The summed E-state index contributed by atoms with van der Waals surface area (Å²) in [5.74, 6) is 6.61.